The molecule has 1 rings (SSSR count). The van der Waals surface area contributed by atoms with Gasteiger partial charge in [0.2, 0.25) is 6.41 Å². The van der Waals surface area contributed by atoms with Crippen molar-refractivity contribution in [3.8, 4) is 11.5 Å². The third-order valence-electron chi connectivity index (χ3n) is 1.90. The van der Waals surface area contributed by atoms with E-state index in [0.717, 1.165) is 0 Å². The van der Waals surface area contributed by atoms with Crippen LogP contribution in [0.15, 0.2) is 18.2 Å². The van der Waals surface area contributed by atoms with Gasteiger partial charge in [0.25, 0.3) is 0 Å². The summed E-state index contributed by atoms with van der Waals surface area (Å²) in [6, 6.07) is 5.24. The van der Waals surface area contributed by atoms with Crippen molar-refractivity contribution in [2.75, 3.05) is 19.5 Å². The Morgan fingerprint density at radius 3 is 2.71 bits per heavy atom. The van der Waals surface area contributed by atoms with Crippen LogP contribution in [-0.4, -0.2) is 25.7 Å². The number of carbonyl (C=O) groups excluding carboxylic acids is 1. The minimum absolute atomic E-state index is 0.251. The summed E-state index contributed by atoms with van der Waals surface area (Å²) in [7, 11) is 3.11. The van der Waals surface area contributed by atoms with Crippen LogP contribution in [0.5, 0.6) is 11.5 Å². The summed E-state index contributed by atoms with van der Waals surface area (Å²) in [6.07, 6.45) is 0.485. The Balaban J connectivity index is 2.76. The van der Waals surface area contributed by atoms with E-state index in [1.807, 2.05) is 0 Å². The number of methoxy groups -OCH3 is 2. The first kappa shape index (κ1) is 13.0. The van der Waals surface area contributed by atoms with E-state index in [1.165, 1.54) is 0 Å². The van der Waals surface area contributed by atoms with Crippen LogP contribution in [0, 0.1) is 0 Å². The zero-order valence-corrected chi connectivity index (χ0v) is 10.3. The Morgan fingerprint density at radius 1 is 1.35 bits per heavy atom. The van der Waals surface area contributed by atoms with Gasteiger partial charge in [-0.2, -0.15) is 0 Å². The van der Waals surface area contributed by atoms with Gasteiger partial charge in [0, 0.05) is 6.07 Å². The molecule has 0 atom stereocenters. The molecule has 17 heavy (non-hydrogen) atoms. The molecule has 92 valence electrons. The van der Waals surface area contributed by atoms with Crippen LogP contribution in [0.4, 0.5) is 5.69 Å². The lowest BCUT2D eigenvalue weighted by molar-refractivity contribution is -0.110. The van der Waals surface area contributed by atoms with Crippen molar-refractivity contribution in [3.63, 3.8) is 0 Å². The molecule has 3 N–H and O–H groups in total. The molecule has 1 amide bonds. The van der Waals surface area contributed by atoms with E-state index in [0.29, 0.717) is 23.6 Å². The van der Waals surface area contributed by atoms with Gasteiger partial charge in [-0.25, -0.2) is 0 Å². The van der Waals surface area contributed by atoms with Gasteiger partial charge in [-0.3, -0.25) is 15.6 Å². The Hall–Kier alpha value is -2.02. The van der Waals surface area contributed by atoms with Crippen LogP contribution in [-0.2, 0) is 4.79 Å². The van der Waals surface area contributed by atoms with E-state index >= 15 is 0 Å². The maximum Gasteiger partial charge on any atom is 0.225 e. The van der Waals surface area contributed by atoms with Crippen molar-refractivity contribution < 1.29 is 14.3 Å². The quantitative estimate of drug-likeness (QED) is 0.408. The first-order valence-corrected chi connectivity index (χ1v) is 5.10. The molecule has 6 nitrogen and oxygen atoms in total. The summed E-state index contributed by atoms with van der Waals surface area (Å²) in [4.78, 5) is 10.1. The van der Waals surface area contributed by atoms with Crippen LogP contribution in [0.25, 0.3) is 0 Å². The molecule has 0 saturated heterocycles. The van der Waals surface area contributed by atoms with Crippen molar-refractivity contribution in [1.82, 2.24) is 10.9 Å². The number of hydrogen-bond donors (Lipinski definition) is 3. The molecule has 0 aliphatic rings. The summed E-state index contributed by atoms with van der Waals surface area (Å²) in [6.45, 7) is 0. The smallest absolute Gasteiger partial charge is 0.225 e. The SMILES string of the molecule is COc1ccc(NC(=S)NNC=O)c(OC)c1. The standard InChI is InChI=1S/C10H13N3O3S/c1-15-7-3-4-8(9(5-7)16-2)12-10(17)13-11-6-14/h3-6H,1-2H3,(H,11,14)(H2,12,13,17). The van der Waals surface area contributed by atoms with Crippen molar-refractivity contribution in [2.45, 2.75) is 0 Å². The second-order valence-corrected chi connectivity index (χ2v) is 3.32. The number of benzene rings is 1. The van der Waals surface area contributed by atoms with E-state index in [1.54, 1.807) is 32.4 Å². The summed E-state index contributed by atoms with van der Waals surface area (Å²) < 4.78 is 10.2. The highest BCUT2D eigenvalue weighted by molar-refractivity contribution is 7.80. The van der Waals surface area contributed by atoms with Gasteiger partial charge >= 0.3 is 0 Å². The Kier molecular flexibility index (Phi) is 5.02. The predicted octanol–water partition coefficient (Wildman–Crippen LogP) is 0.651. The number of thiocarbonyl (C=S) groups is 1. The Morgan fingerprint density at radius 2 is 2.12 bits per heavy atom. The molecule has 0 fully saturated rings. The summed E-state index contributed by atoms with van der Waals surface area (Å²) in [5, 5.41) is 3.12. The molecule has 0 saturated carbocycles. The fourth-order valence-electron chi connectivity index (χ4n) is 1.15. The average Bonchev–Trinajstić information content (AvgIpc) is 2.36. The zero-order valence-electron chi connectivity index (χ0n) is 9.44. The number of carbonyl (C=O) groups is 1. The van der Waals surface area contributed by atoms with Gasteiger partial charge in [0.05, 0.1) is 19.9 Å². The molecule has 0 heterocycles. The number of anilines is 1. The van der Waals surface area contributed by atoms with Gasteiger partial charge in [0.1, 0.15) is 11.5 Å². The monoisotopic (exact) mass is 255 g/mol. The van der Waals surface area contributed by atoms with E-state index in [4.69, 9.17) is 21.7 Å². The molecule has 0 radical (unpaired) electrons. The fourth-order valence-corrected chi connectivity index (χ4v) is 1.32. The molecule has 0 bridgehead atoms. The third kappa shape index (κ3) is 3.80. The number of amides is 1. The second kappa shape index (κ2) is 6.54. The van der Waals surface area contributed by atoms with Crippen molar-refractivity contribution in [1.29, 1.82) is 0 Å². The van der Waals surface area contributed by atoms with Crippen LogP contribution >= 0.6 is 12.2 Å². The van der Waals surface area contributed by atoms with Crippen LogP contribution in [0.2, 0.25) is 0 Å². The molecule has 0 unspecified atom stereocenters. The Labute approximate surface area is 104 Å². The second-order valence-electron chi connectivity index (χ2n) is 2.91. The summed E-state index contributed by atoms with van der Waals surface area (Å²) >= 11 is 4.94. The van der Waals surface area contributed by atoms with Gasteiger partial charge in [-0.05, 0) is 24.4 Å². The minimum Gasteiger partial charge on any atom is -0.497 e. The van der Waals surface area contributed by atoms with Crippen molar-refractivity contribution in [3.05, 3.63) is 18.2 Å². The van der Waals surface area contributed by atoms with E-state index in [9.17, 15) is 4.79 Å². The first-order valence-electron chi connectivity index (χ1n) is 4.69. The number of nitrogens with one attached hydrogen (secondary N) is 3. The molecular weight excluding hydrogens is 242 g/mol. The number of rotatable bonds is 5. The highest BCUT2D eigenvalue weighted by Gasteiger charge is 2.06. The van der Waals surface area contributed by atoms with Gasteiger partial charge < -0.3 is 14.8 Å². The number of hydrogen-bond acceptors (Lipinski definition) is 4. The lowest BCUT2D eigenvalue weighted by Gasteiger charge is -2.13. The van der Waals surface area contributed by atoms with E-state index < -0.39 is 0 Å². The van der Waals surface area contributed by atoms with Gasteiger partial charge in [-0.1, -0.05) is 0 Å². The number of ether oxygens (including phenoxy) is 2. The lowest BCUT2D eigenvalue weighted by Crippen LogP contribution is -2.39. The molecule has 0 aliphatic heterocycles. The highest BCUT2D eigenvalue weighted by atomic mass is 32.1. The summed E-state index contributed by atoms with van der Waals surface area (Å²) in [5.41, 5.74) is 5.37. The largest absolute Gasteiger partial charge is 0.497 e. The maximum atomic E-state index is 10.1. The van der Waals surface area contributed by atoms with E-state index in [2.05, 4.69) is 16.2 Å². The average molecular weight is 255 g/mol. The Bertz CT molecular complexity index is 412. The molecular formula is C10H13N3O3S. The van der Waals surface area contributed by atoms with E-state index in [-0.39, 0.29) is 5.11 Å². The van der Waals surface area contributed by atoms with Crippen molar-refractivity contribution >= 4 is 29.4 Å². The number of hydrazine groups is 1. The molecule has 0 aliphatic carbocycles. The zero-order chi connectivity index (χ0) is 12.7. The topological polar surface area (TPSA) is 71.6 Å². The van der Waals surface area contributed by atoms with Crippen LogP contribution in [0.3, 0.4) is 0 Å². The maximum absolute atomic E-state index is 10.1. The third-order valence-corrected chi connectivity index (χ3v) is 2.11. The van der Waals surface area contributed by atoms with Gasteiger partial charge in [0.15, 0.2) is 5.11 Å². The lowest BCUT2D eigenvalue weighted by atomic mass is 10.2. The van der Waals surface area contributed by atoms with Crippen LogP contribution < -0.4 is 25.6 Å². The first-order chi connectivity index (χ1) is 8.21. The molecule has 0 aromatic heterocycles. The molecule has 1 aromatic rings. The van der Waals surface area contributed by atoms with Gasteiger partial charge in [-0.15, -0.1) is 0 Å². The highest BCUT2D eigenvalue weighted by Crippen LogP contribution is 2.28. The normalized spacial score (nSPS) is 9.06. The predicted molar refractivity (Wildman–Crippen MR) is 68.1 cm³/mol. The fraction of sp³-hybridized carbons (Fsp3) is 0.200. The molecule has 7 heteroatoms. The summed E-state index contributed by atoms with van der Waals surface area (Å²) in [5.74, 6) is 1.26. The molecule has 0 spiro atoms. The van der Waals surface area contributed by atoms with Crippen LogP contribution in [0.1, 0.15) is 0 Å². The molecule has 1 aromatic carbocycles. The minimum atomic E-state index is 0.251. The van der Waals surface area contributed by atoms with Crippen molar-refractivity contribution in [2.24, 2.45) is 0 Å².